The summed E-state index contributed by atoms with van der Waals surface area (Å²) in [5.74, 6) is 1.24. The Hall–Kier alpha value is -3.60. The highest BCUT2D eigenvalue weighted by Crippen LogP contribution is 2.42. The van der Waals surface area contributed by atoms with E-state index in [1.165, 1.54) is 17.7 Å². The number of hydrogen-bond donors (Lipinski definition) is 2. The molecular weight excluding hydrogens is 388 g/mol. The van der Waals surface area contributed by atoms with Crippen molar-refractivity contribution < 1.29 is 14.9 Å². The molecule has 0 spiro atoms. The van der Waals surface area contributed by atoms with Crippen LogP contribution in [0.5, 0.6) is 17.2 Å². The lowest BCUT2D eigenvalue weighted by molar-refractivity contribution is 0.403. The molecule has 0 bridgehead atoms. The second kappa shape index (κ2) is 9.04. The van der Waals surface area contributed by atoms with Crippen molar-refractivity contribution in [2.24, 2.45) is 0 Å². The summed E-state index contributed by atoms with van der Waals surface area (Å²) in [5.41, 5.74) is 4.18. The lowest BCUT2D eigenvalue weighted by Crippen LogP contribution is -2.23. The smallest absolute Gasteiger partial charge is 0.201 e. The molecule has 4 rings (SSSR count). The number of anilines is 2. The Bertz CT molecular complexity index is 1080. The molecule has 2 N–H and O–H groups in total. The van der Waals surface area contributed by atoms with Crippen LogP contribution in [0.3, 0.4) is 0 Å². The van der Waals surface area contributed by atoms with E-state index < -0.39 is 0 Å². The van der Waals surface area contributed by atoms with Crippen LogP contribution in [0.1, 0.15) is 25.0 Å². The van der Waals surface area contributed by atoms with Gasteiger partial charge in [0.15, 0.2) is 17.2 Å². The average Bonchev–Trinajstić information content (AvgIpc) is 3.12. The number of hydrogen-bond acceptors (Lipinski definition) is 5. The Balaban J connectivity index is 1.67. The minimum Gasteiger partial charge on any atom is -0.504 e. The number of ether oxygens (including phenoxy) is 1. The Morgan fingerprint density at radius 3 is 2.39 bits per heavy atom. The quantitative estimate of drug-likeness (QED) is 0.506. The van der Waals surface area contributed by atoms with Crippen LogP contribution in [0.2, 0.25) is 0 Å². The molecule has 5 heteroatoms. The van der Waals surface area contributed by atoms with Gasteiger partial charge in [0.25, 0.3) is 0 Å². The van der Waals surface area contributed by atoms with E-state index in [9.17, 15) is 10.2 Å². The van der Waals surface area contributed by atoms with E-state index in [2.05, 4.69) is 66.1 Å². The van der Waals surface area contributed by atoms with Crippen LogP contribution in [0.4, 0.5) is 11.4 Å². The van der Waals surface area contributed by atoms with E-state index >= 15 is 0 Å². The zero-order valence-corrected chi connectivity index (χ0v) is 18.0. The van der Waals surface area contributed by atoms with Gasteiger partial charge < -0.3 is 24.7 Å². The first-order chi connectivity index (χ1) is 15.1. The predicted octanol–water partition coefficient (Wildman–Crippen LogP) is 5.38. The molecule has 1 heterocycles. The Kier molecular flexibility index (Phi) is 6.03. The highest BCUT2D eigenvalue weighted by Gasteiger charge is 2.27. The highest BCUT2D eigenvalue weighted by atomic mass is 16.5. The van der Waals surface area contributed by atoms with E-state index in [-0.39, 0.29) is 11.5 Å². The van der Waals surface area contributed by atoms with Gasteiger partial charge in [-0.15, -0.1) is 0 Å². The fourth-order valence-corrected chi connectivity index (χ4v) is 3.88. The van der Waals surface area contributed by atoms with E-state index in [0.717, 1.165) is 48.7 Å². The largest absolute Gasteiger partial charge is 0.504 e. The summed E-state index contributed by atoms with van der Waals surface area (Å²) in [6.07, 6.45) is 2.76. The Morgan fingerprint density at radius 2 is 1.68 bits per heavy atom. The number of phenols is 2. The van der Waals surface area contributed by atoms with Gasteiger partial charge in [-0.1, -0.05) is 36.4 Å². The summed E-state index contributed by atoms with van der Waals surface area (Å²) < 4.78 is 6.28. The third kappa shape index (κ3) is 4.45. The first-order valence-electron chi connectivity index (χ1n) is 10.7. The van der Waals surface area contributed by atoms with E-state index in [1.807, 2.05) is 12.1 Å². The maximum Gasteiger partial charge on any atom is 0.201 e. The number of nitrogens with zero attached hydrogens (tertiary/aromatic N) is 2. The van der Waals surface area contributed by atoms with Crippen LogP contribution in [-0.2, 0) is 6.42 Å². The van der Waals surface area contributed by atoms with Gasteiger partial charge in [0, 0.05) is 37.5 Å². The zero-order valence-electron chi connectivity index (χ0n) is 18.0. The summed E-state index contributed by atoms with van der Waals surface area (Å²) in [5, 5.41) is 19.5. The summed E-state index contributed by atoms with van der Waals surface area (Å²) >= 11 is 0. The summed E-state index contributed by atoms with van der Waals surface area (Å²) in [6, 6.07) is 21.5. The summed E-state index contributed by atoms with van der Waals surface area (Å²) in [4.78, 5) is 4.45. The molecule has 0 unspecified atom stereocenters. The van der Waals surface area contributed by atoms with E-state index in [4.69, 9.17) is 4.74 Å². The summed E-state index contributed by atoms with van der Waals surface area (Å²) in [6.45, 7) is 6.92. The lowest BCUT2D eigenvalue weighted by Gasteiger charge is -2.22. The lowest BCUT2D eigenvalue weighted by atomic mass is 10.1. The van der Waals surface area contributed by atoms with Crippen molar-refractivity contribution in [1.29, 1.82) is 0 Å². The number of benzene rings is 3. The van der Waals surface area contributed by atoms with Crippen LogP contribution in [0, 0.1) is 0 Å². The molecule has 0 radical (unpaired) electrons. The molecule has 1 aliphatic rings. The number of aromatic hydroxyl groups is 2. The molecular formula is C26H28N2O3. The first kappa shape index (κ1) is 20.7. The molecule has 0 aromatic heterocycles. The Morgan fingerprint density at radius 1 is 0.903 bits per heavy atom. The topological polar surface area (TPSA) is 56.2 Å². The molecule has 31 heavy (non-hydrogen) atoms. The van der Waals surface area contributed by atoms with Crippen LogP contribution < -0.4 is 14.5 Å². The standard InChI is InChI=1S/C26H28N2O3/c1-3-27(4-2)21-11-12-22-25(18-21)31-26(17-20-10-13-23(29)24(30)16-20)28(22)15-14-19-8-6-5-7-9-19/h5-13,16-18,29-30H,3-4,14-15H2,1-2H3. The molecule has 0 saturated heterocycles. The van der Waals surface area contributed by atoms with Gasteiger partial charge in [-0.25, -0.2) is 0 Å². The van der Waals surface area contributed by atoms with E-state index in [1.54, 1.807) is 6.07 Å². The molecule has 3 aromatic rings. The maximum absolute atomic E-state index is 9.88. The maximum atomic E-state index is 9.88. The van der Waals surface area contributed by atoms with Gasteiger partial charge in [0.2, 0.25) is 5.88 Å². The monoisotopic (exact) mass is 416 g/mol. The molecule has 3 aromatic carbocycles. The fourth-order valence-electron chi connectivity index (χ4n) is 3.88. The van der Waals surface area contributed by atoms with Gasteiger partial charge in [0.1, 0.15) is 0 Å². The van der Waals surface area contributed by atoms with Crippen molar-refractivity contribution in [3.8, 4) is 17.2 Å². The third-order valence-corrected chi connectivity index (χ3v) is 5.60. The number of fused-ring (bicyclic) bond motifs is 1. The molecule has 160 valence electrons. The third-order valence-electron chi connectivity index (χ3n) is 5.60. The molecule has 5 nitrogen and oxygen atoms in total. The van der Waals surface area contributed by atoms with Crippen molar-refractivity contribution in [2.45, 2.75) is 20.3 Å². The molecule has 1 aliphatic heterocycles. The second-order valence-corrected chi connectivity index (χ2v) is 7.54. The van der Waals surface area contributed by atoms with Gasteiger partial charge in [-0.3, -0.25) is 0 Å². The fraction of sp³-hybridized carbons (Fsp3) is 0.231. The summed E-state index contributed by atoms with van der Waals surface area (Å²) in [7, 11) is 0. The van der Waals surface area contributed by atoms with E-state index in [0.29, 0.717) is 5.88 Å². The number of phenolic OH excluding ortho intramolecular Hbond substituents is 2. The predicted molar refractivity (Wildman–Crippen MR) is 126 cm³/mol. The second-order valence-electron chi connectivity index (χ2n) is 7.54. The normalized spacial score (nSPS) is 13.9. The van der Waals surface area contributed by atoms with Crippen molar-refractivity contribution in [2.75, 3.05) is 29.4 Å². The number of rotatable bonds is 7. The van der Waals surface area contributed by atoms with Gasteiger partial charge >= 0.3 is 0 Å². The SMILES string of the molecule is CCN(CC)c1ccc2c(c1)OC(=Cc1ccc(O)c(O)c1)N2CCc1ccccc1. The van der Waals surface area contributed by atoms with Gasteiger partial charge in [-0.2, -0.15) is 0 Å². The van der Waals surface area contributed by atoms with Crippen LogP contribution >= 0.6 is 0 Å². The average molecular weight is 417 g/mol. The van der Waals surface area contributed by atoms with Crippen molar-refractivity contribution in [1.82, 2.24) is 0 Å². The van der Waals surface area contributed by atoms with Gasteiger partial charge in [0.05, 0.1) is 5.69 Å². The van der Waals surface area contributed by atoms with Crippen LogP contribution in [-0.4, -0.2) is 29.8 Å². The first-order valence-corrected chi connectivity index (χ1v) is 10.7. The highest BCUT2D eigenvalue weighted by molar-refractivity contribution is 5.74. The minimum absolute atomic E-state index is 0.137. The van der Waals surface area contributed by atoms with Crippen LogP contribution in [0.15, 0.2) is 72.6 Å². The van der Waals surface area contributed by atoms with Crippen molar-refractivity contribution >= 4 is 17.5 Å². The van der Waals surface area contributed by atoms with Crippen LogP contribution in [0.25, 0.3) is 6.08 Å². The Labute approximate surface area is 183 Å². The molecule has 0 saturated carbocycles. The molecule has 0 fully saturated rings. The van der Waals surface area contributed by atoms with Crippen molar-refractivity contribution in [3.63, 3.8) is 0 Å². The molecule has 0 amide bonds. The molecule has 0 aliphatic carbocycles. The van der Waals surface area contributed by atoms with Gasteiger partial charge in [-0.05, 0) is 55.7 Å². The minimum atomic E-state index is -0.149. The zero-order chi connectivity index (χ0) is 21.8. The molecule has 0 atom stereocenters. The van der Waals surface area contributed by atoms with Crippen molar-refractivity contribution in [3.05, 3.63) is 83.7 Å².